The lowest BCUT2D eigenvalue weighted by molar-refractivity contribution is 0.606. The highest BCUT2D eigenvalue weighted by Gasteiger charge is 2.29. The molecule has 0 atom stereocenters. The van der Waals surface area contributed by atoms with Gasteiger partial charge in [0.15, 0.2) is 0 Å². The Hall–Kier alpha value is -1.76. The predicted octanol–water partition coefficient (Wildman–Crippen LogP) is 4.63. The molecule has 0 aliphatic carbocycles. The van der Waals surface area contributed by atoms with Gasteiger partial charge in [0.05, 0.1) is 5.54 Å². The van der Waals surface area contributed by atoms with Gasteiger partial charge < -0.3 is 5.32 Å². The maximum Gasteiger partial charge on any atom is 0.0575 e. The van der Waals surface area contributed by atoms with Gasteiger partial charge in [-0.2, -0.15) is 0 Å². The van der Waals surface area contributed by atoms with E-state index in [0.717, 1.165) is 0 Å². The van der Waals surface area contributed by atoms with Crippen molar-refractivity contribution in [3.63, 3.8) is 0 Å². The molecule has 0 aromatic heterocycles. The number of fused-ring (bicyclic) bond motifs is 3. The molecular weight excluding hydrogens is 218 g/mol. The van der Waals surface area contributed by atoms with Crippen LogP contribution in [0.4, 0.5) is 5.69 Å². The monoisotopic (exact) mass is 237 g/mol. The molecular formula is C17H19N. The van der Waals surface area contributed by atoms with Crippen molar-refractivity contribution < 1.29 is 0 Å². The van der Waals surface area contributed by atoms with Crippen LogP contribution in [0.3, 0.4) is 0 Å². The van der Waals surface area contributed by atoms with Gasteiger partial charge >= 0.3 is 0 Å². The standard InChI is InChI=1S/C17H19N/c1-11-5-7-15-13(9-11)14-10-12(2)6-8-16(14)18-17(15,3)4/h5-10,18H,1-4H3. The van der Waals surface area contributed by atoms with Gasteiger partial charge in [0.1, 0.15) is 0 Å². The summed E-state index contributed by atoms with van der Waals surface area (Å²) < 4.78 is 0. The minimum absolute atomic E-state index is 0.00864. The second-order valence-electron chi connectivity index (χ2n) is 5.85. The van der Waals surface area contributed by atoms with Gasteiger partial charge in [0, 0.05) is 11.3 Å². The summed E-state index contributed by atoms with van der Waals surface area (Å²) >= 11 is 0. The van der Waals surface area contributed by atoms with Crippen LogP contribution in [-0.2, 0) is 5.54 Å². The first-order chi connectivity index (χ1) is 8.47. The van der Waals surface area contributed by atoms with E-state index in [1.807, 2.05) is 0 Å². The van der Waals surface area contributed by atoms with Crippen LogP contribution in [0.15, 0.2) is 36.4 Å². The van der Waals surface area contributed by atoms with Crippen LogP contribution in [0.2, 0.25) is 0 Å². The van der Waals surface area contributed by atoms with Crippen molar-refractivity contribution in [2.24, 2.45) is 0 Å². The molecule has 2 aromatic carbocycles. The fourth-order valence-corrected chi connectivity index (χ4v) is 2.82. The molecule has 0 bridgehead atoms. The lowest BCUT2D eigenvalue weighted by Crippen LogP contribution is -2.31. The highest BCUT2D eigenvalue weighted by atomic mass is 15.0. The van der Waals surface area contributed by atoms with Crippen molar-refractivity contribution in [2.45, 2.75) is 33.2 Å². The van der Waals surface area contributed by atoms with Crippen LogP contribution in [-0.4, -0.2) is 0 Å². The molecule has 0 fully saturated rings. The fourth-order valence-electron chi connectivity index (χ4n) is 2.82. The molecule has 0 radical (unpaired) electrons. The van der Waals surface area contributed by atoms with E-state index >= 15 is 0 Å². The average molecular weight is 237 g/mol. The lowest BCUT2D eigenvalue weighted by atomic mass is 9.81. The Labute approximate surface area is 109 Å². The van der Waals surface area contributed by atoms with Crippen LogP contribution in [0, 0.1) is 13.8 Å². The average Bonchev–Trinajstić information content (AvgIpc) is 2.30. The number of anilines is 1. The first-order valence-corrected chi connectivity index (χ1v) is 6.48. The summed E-state index contributed by atoms with van der Waals surface area (Å²) in [5.74, 6) is 0. The lowest BCUT2D eigenvalue weighted by Gasteiger charge is -2.36. The third-order valence-corrected chi connectivity index (χ3v) is 3.76. The van der Waals surface area contributed by atoms with Crippen molar-refractivity contribution in [1.82, 2.24) is 0 Å². The first kappa shape index (κ1) is 11.3. The third kappa shape index (κ3) is 1.62. The predicted molar refractivity (Wildman–Crippen MR) is 78.0 cm³/mol. The molecule has 0 unspecified atom stereocenters. The molecule has 3 rings (SSSR count). The Bertz CT molecular complexity index is 624. The zero-order chi connectivity index (χ0) is 12.9. The Morgan fingerprint density at radius 3 is 2.17 bits per heavy atom. The molecule has 2 aromatic rings. The maximum atomic E-state index is 3.64. The first-order valence-electron chi connectivity index (χ1n) is 6.48. The van der Waals surface area contributed by atoms with Gasteiger partial charge in [-0.25, -0.2) is 0 Å². The van der Waals surface area contributed by atoms with Crippen molar-refractivity contribution in [3.05, 3.63) is 53.1 Å². The molecule has 92 valence electrons. The summed E-state index contributed by atoms with van der Waals surface area (Å²) in [7, 11) is 0. The van der Waals surface area contributed by atoms with E-state index in [1.165, 1.54) is 33.5 Å². The van der Waals surface area contributed by atoms with E-state index in [1.54, 1.807) is 0 Å². The molecule has 0 amide bonds. The van der Waals surface area contributed by atoms with Crippen LogP contribution in [0.25, 0.3) is 11.1 Å². The van der Waals surface area contributed by atoms with Gasteiger partial charge in [-0.05, 0) is 51.0 Å². The minimum Gasteiger partial charge on any atom is -0.376 e. The summed E-state index contributed by atoms with van der Waals surface area (Å²) in [5.41, 5.74) is 7.94. The molecule has 1 nitrogen and oxygen atoms in total. The van der Waals surface area contributed by atoms with Crippen molar-refractivity contribution >= 4 is 5.69 Å². The second kappa shape index (κ2) is 3.61. The molecule has 18 heavy (non-hydrogen) atoms. The number of hydrogen-bond acceptors (Lipinski definition) is 1. The van der Waals surface area contributed by atoms with Gasteiger partial charge in [-0.3, -0.25) is 0 Å². The molecule has 0 saturated heterocycles. The highest BCUT2D eigenvalue weighted by molar-refractivity contribution is 5.85. The van der Waals surface area contributed by atoms with Gasteiger partial charge in [0.25, 0.3) is 0 Å². The maximum absolute atomic E-state index is 3.64. The minimum atomic E-state index is -0.00864. The highest BCUT2D eigenvalue weighted by Crippen LogP contribution is 2.43. The van der Waals surface area contributed by atoms with E-state index in [4.69, 9.17) is 0 Å². The van der Waals surface area contributed by atoms with Gasteiger partial charge in [0.2, 0.25) is 0 Å². The largest absolute Gasteiger partial charge is 0.376 e. The van der Waals surface area contributed by atoms with Crippen LogP contribution >= 0.6 is 0 Å². The molecule has 0 spiro atoms. The van der Waals surface area contributed by atoms with Crippen LogP contribution in [0.5, 0.6) is 0 Å². The second-order valence-corrected chi connectivity index (χ2v) is 5.85. The number of benzene rings is 2. The Balaban J connectivity index is 2.34. The molecule has 1 heterocycles. The van der Waals surface area contributed by atoms with Crippen LogP contribution < -0.4 is 5.32 Å². The molecule has 1 heteroatoms. The van der Waals surface area contributed by atoms with E-state index in [2.05, 4.69) is 69.4 Å². The zero-order valence-corrected chi connectivity index (χ0v) is 11.5. The summed E-state index contributed by atoms with van der Waals surface area (Å²) in [4.78, 5) is 0. The summed E-state index contributed by atoms with van der Waals surface area (Å²) in [6.45, 7) is 8.79. The Kier molecular flexibility index (Phi) is 2.28. The summed E-state index contributed by atoms with van der Waals surface area (Å²) in [6, 6.07) is 13.4. The SMILES string of the molecule is Cc1ccc2c(c1)-c1cc(C)ccc1C(C)(C)N2. The molecule has 1 aliphatic heterocycles. The summed E-state index contributed by atoms with van der Waals surface area (Å²) in [6.07, 6.45) is 0. The Morgan fingerprint density at radius 2 is 1.44 bits per heavy atom. The normalized spacial score (nSPS) is 15.6. The zero-order valence-electron chi connectivity index (χ0n) is 11.5. The number of hydrogen-bond donors (Lipinski definition) is 1. The van der Waals surface area contributed by atoms with Gasteiger partial charge in [-0.1, -0.05) is 35.4 Å². The topological polar surface area (TPSA) is 12.0 Å². The third-order valence-electron chi connectivity index (χ3n) is 3.76. The quantitative estimate of drug-likeness (QED) is 0.704. The van der Waals surface area contributed by atoms with Crippen molar-refractivity contribution in [1.29, 1.82) is 0 Å². The molecule has 0 saturated carbocycles. The fraction of sp³-hybridized carbons (Fsp3) is 0.294. The van der Waals surface area contributed by atoms with Gasteiger partial charge in [-0.15, -0.1) is 0 Å². The molecule has 1 aliphatic rings. The van der Waals surface area contributed by atoms with Crippen LogP contribution in [0.1, 0.15) is 30.5 Å². The number of nitrogens with one attached hydrogen (secondary N) is 1. The number of rotatable bonds is 0. The van der Waals surface area contributed by atoms with E-state index < -0.39 is 0 Å². The Morgan fingerprint density at radius 1 is 0.833 bits per heavy atom. The smallest absolute Gasteiger partial charge is 0.0575 e. The summed E-state index contributed by atoms with van der Waals surface area (Å²) in [5, 5.41) is 3.64. The van der Waals surface area contributed by atoms with E-state index in [9.17, 15) is 0 Å². The van der Waals surface area contributed by atoms with Crippen molar-refractivity contribution in [3.8, 4) is 11.1 Å². The van der Waals surface area contributed by atoms with Crippen molar-refractivity contribution in [2.75, 3.05) is 5.32 Å². The van der Waals surface area contributed by atoms with E-state index in [0.29, 0.717) is 0 Å². The number of aryl methyl sites for hydroxylation is 2. The van der Waals surface area contributed by atoms with E-state index in [-0.39, 0.29) is 5.54 Å². The molecule has 1 N–H and O–H groups in total.